The summed E-state index contributed by atoms with van der Waals surface area (Å²) >= 11 is 0. The Kier molecular flexibility index (Phi) is 5.04. The van der Waals surface area contributed by atoms with Crippen LogP contribution in [-0.4, -0.2) is 31.7 Å². The molecule has 8 rings (SSSR count). The maximum absolute atomic E-state index is 14.3. The molecular formula is C33H23NO7. The number of amides is 2. The fraction of sp³-hybridized carbons (Fsp3) is 0.182. The lowest BCUT2D eigenvalue weighted by Crippen LogP contribution is -2.42. The number of benzene rings is 4. The molecule has 8 heteroatoms. The van der Waals surface area contributed by atoms with Gasteiger partial charge in [-0.1, -0.05) is 60.7 Å². The van der Waals surface area contributed by atoms with Gasteiger partial charge in [0.25, 0.3) is 0 Å². The van der Waals surface area contributed by atoms with Gasteiger partial charge in [-0.15, -0.1) is 0 Å². The van der Waals surface area contributed by atoms with Crippen molar-refractivity contribution in [3.05, 3.63) is 96.1 Å². The summed E-state index contributed by atoms with van der Waals surface area (Å²) < 4.78 is 22.6. The van der Waals surface area contributed by atoms with Gasteiger partial charge in [0.2, 0.25) is 18.6 Å². The molecule has 3 aliphatic heterocycles. The average molecular weight is 546 g/mol. The second-order valence-electron chi connectivity index (χ2n) is 10.6. The third-order valence-corrected chi connectivity index (χ3v) is 8.59. The highest BCUT2D eigenvalue weighted by molar-refractivity contribution is 6.25. The number of rotatable bonds is 3. The Labute approximate surface area is 234 Å². The van der Waals surface area contributed by atoms with Crippen molar-refractivity contribution in [2.75, 3.05) is 18.8 Å². The minimum Gasteiger partial charge on any atom is -0.495 e. The molecule has 1 fully saturated rings. The van der Waals surface area contributed by atoms with Crippen LogP contribution >= 0.6 is 0 Å². The Bertz CT molecular complexity index is 1840. The zero-order valence-corrected chi connectivity index (χ0v) is 21.9. The monoisotopic (exact) mass is 545 g/mol. The summed E-state index contributed by atoms with van der Waals surface area (Å²) in [6.45, 7) is 0.115. The first kappa shape index (κ1) is 23.7. The molecule has 0 N–H and O–H groups in total. The van der Waals surface area contributed by atoms with E-state index in [4.69, 9.17) is 18.9 Å². The van der Waals surface area contributed by atoms with Crippen molar-refractivity contribution in [1.29, 1.82) is 0 Å². The number of ether oxygens (including phenoxy) is 4. The predicted molar refractivity (Wildman–Crippen MR) is 149 cm³/mol. The molecule has 202 valence electrons. The lowest BCUT2D eigenvalue weighted by atomic mass is 9.64. The molecule has 3 heterocycles. The van der Waals surface area contributed by atoms with Gasteiger partial charge in [-0.3, -0.25) is 14.4 Å². The van der Waals surface area contributed by atoms with Gasteiger partial charge in [0.05, 0.1) is 30.6 Å². The molecule has 0 unspecified atom stereocenters. The number of imide groups is 1. The number of esters is 1. The molecule has 8 nitrogen and oxygen atoms in total. The Morgan fingerprint density at radius 3 is 2.49 bits per heavy atom. The van der Waals surface area contributed by atoms with E-state index in [0.29, 0.717) is 34.3 Å². The Balaban J connectivity index is 1.35. The van der Waals surface area contributed by atoms with Gasteiger partial charge in [0.15, 0.2) is 11.5 Å². The standard InChI is InChI=1S/C33H23NO7/c1-38-24-9-5-4-8-23(24)34-31(35)27-21(18-11-13-25-26(14-18)40-16-39-25)15-22-20-12-10-17-6-2-3-7-19(17)30(20)41-33(37)28(22)29(27)32(34)36/h2-15,21,27-29H,16H2,1H3/t21-,27+,28+,29-/m0/s1. The molecule has 0 radical (unpaired) electrons. The molecule has 1 aliphatic carbocycles. The van der Waals surface area contributed by atoms with Crippen LogP contribution in [0.3, 0.4) is 0 Å². The summed E-state index contributed by atoms with van der Waals surface area (Å²) in [4.78, 5) is 43.5. The molecule has 4 aromatic rings. The largest absolute Gasteiger partial charge is 0.495 e. The number of anilines is 1. The number of allylic oxidation sites excluding steroid dienone is 1. The molecule has 41 heavy (non-hydrogen) atoms. The van der Waals surface area contributed by atoms with Gasteiger partial charge in [-0.05, 0) is 40.8 Å². The van der Waals surface area contributed by atoms with Crippen LogP contribution in [0.25, 0.3) is 16.3 Å². The van der Waals surface area contributed by atoms with E-state index in [2.05, 4.69) is 0 Å². The number of hydrogen-bond donors (Lipinski definition) is 0. The summed E-state index contributed by atoms with van der Waals surface area (Å²) in [6.07, 6.45) is 1.97. The molecule has 0 bridgehead atoms. The smallest absolute Gasteiger partial charge is 0.319 e. The fourth-order valence-corrected chi connectivity index (χ4v) is 6.79. The van der Waals surface area contributed by atoms with Crippen molar-refractivity contribution >= 4 is 39.8 Å². The number of para-hydroxylation sites is 2. The zero-order valence-electron chi connectivity index (χ0n) is 21.9. The second kappa shape index (κ2) is 8.69. The van der Waals surface area contributed by atoms with Crippen molar-refractivity contribution in [2.45, 2.75) is 5.92 Å². The average Bonchev–Trinajstić information content (AvgIpc) is 3.58. The zero-order chi connectivity index (χ0) is 27.8. The second-order valence-corrected chi connectivity index (χ2v) is 10.6. The van der Waals surface area contributed by atoms with E-state index in [1.54, 1.807) is 24.3 Å². The first-order valence-corrected chi connectivity index (χ1v) is 13.4. The van der Waals surface area contributed by atoms with E-state index in [9.17, 15) is 14.4 Å². The van der Waals surface area contributed by atoms with Gasteiger partial charge in [0.1, 0.15) is 11.5 Å². The number of fused-ring (bicyclic) bond motifs is 8. The molecule has 4 atom stereocenters. The Hall–Kier alpha value is -5.11. The normalized spacial score (nSPS) is 24.0. The maximum atomic E-state index is 14.3. The van der Waals surface area contributed by atoms with Crippen LogP contribution in [-0.2, 0) is 14.4 Å². The van der Waals surface area contributed by atoms with Crippen LogP contribution in [0, 0.1) is 17.8 Å². The molecule has 0 aromatic heterocycles. The number of hydrogen-bond acceptors (Lipinski definition) is 7. The van der Waals surface area contributed by atoms with Crippen molar-refractivity contribution in [2.24, 2.45) is 17.8 Å². The maximum Gasteiger partial charge on any atom is 0.319 e. The third-order valence-electron chi connectivity index (χ3n) is 8.59. The third kappa shape index (κ3) is 3.30. The van der Waals surface area contributed by atoms with Crippen molar-refractivity contribution in [1.82, 2.24) is 0 Å². The lowest BCUT2D eigenvalue weighted by molar-refractivity contribution is -0.142. The first-order valence-electron chi connectivity index (χ1n) is 13.4. The van der Waals surface area contributed by atoms with E-state index in [1.165, 1.54) is 12.0 Å². The lowest BCUT2D eigenvalue weighted by Gasteiger charge is -2.38. The van der Waals surface area contributed by atoms with E-state index in [0.717, 1.165) is 21.9 Å². The SMILES string of the molecule is COc1ccccc1N1C(=O)[C@@H]2[C@@H]3C(=O)Oc4c(ccc5ccccc45)C3=C[C@@H](c3ccc4c(c3)OCO4)[C@H]2C1=O. The van der Waals surface area contributed by atoms with Gasteiger partial charge in [0, 0.05) is 16.9 Å². The predicted octanol–water partition coefficient (Wildman–Crippen LogP) is 5.10. The van der Waals surface area contributed by atoms with Crippen LogP contribution < -0.4 is 23.8 Å². The van der Waals surface area contributed by atoms with Crippen molar-refractivity contribution in [3.63, 3.8) is 0 Å². The molecule has 4 aromatic carbocycles. The van der Waals surface area contributed by atoms with Crippen LogP contribution in [0.2, 0.25) is 0 Å². The number of methoxy groups -OCH3 is 1. The van der Waals surface area contributed by atoms with Crippen LogP contribution in [0.5, 0.6) is 23.0 Å². The summed E-state index contributed by atoms with van der Waals surface area (Å²) in [5, 5.41) is 1.75. The summed E-state index contributed by atoms with van der Waals surface area (Å²) in [7, 11) is 1.49. The van der Waals surface area contributed by atoms with Crippen LogP contribution in [0.1, 0.15) is 17.0 Å². The summed E-state index contributed by atoms with van der Waals surface area (Å²) in [5.74, 6) is -2.57. The minimum atomic E-state index is -0.963. The fourth-order valence-electron chi connectivity index (χ4n) is 6.79. The number of carbonyl (C=O) groups is 3. The van der Waals surface area contributed by atoms with E-state index in [-0.39, 0.29) is 12.7 Å². The van der Waals surface area contributed by atoms with Crippen molar-refractivity contribution in [3.8, 4) is 23.0 Å². The Morgan fingerprint density at radius 1 is 0.829 bits per heavy atom. The minimum absolute atomic E-state index is 0.115. The molecule has 2 amide bonds. The molecule has 0 saturated carbocycles. The van der Waals surface area contributed by atoms with Gasteiger partial charge in [-0.25, -0.2) is 4.90 Å². The quantitative estimate of drug-likeness (QED) is 0.201. The topological polar surface area (TPSA) is 91.4 Å². The van der Waals surface area contributed by atoms with Crippen LogP contribution in [0.4, 0.5) is 5.69 Å². The van der Waals surface area contributed by atoms with E-state index in [1.807, 2.05) is 60.7 Å². The van der Waals surface area contributed by atoms with Gasteiger partial charge < -0.3 is 18.9 Å². The number of nitrogens with zero attached hydrogens (tertiary/aromatic N) is 1. The van der Waals surface area contributed by atoms with E-state index < -0.39 is 35.5 Å². The molecule has 4 aliphatic rings. The molecule has 0 spiro atoms. The number of carbonyl (C=O) groups excluding carboxylic acids is 3. The van der Waals surface area contributed by atoms with Crippen molar-refractivity contribution < 1.29 is 33.3 Å². The van der Waals surface area contributed by atoms with E-state index >= 15 is 0 Å². The Morgan fingerprint density at radius 2 is 1.61 bits per heavy atom. The molecular weight excluding hydrogens is 522 g/mol. The highest BCUT2D eigenvalue weighted by Crippen LogP contribution is 2.56. The highest BCUT2D eigenvalue weighted by Gasteiger charge is 2.60. The van der Waals surface area contributed by atoms with Crippen LogP contribution in [0.15, 0.2) is 84.9 Å². The van der Waals surface area contributed by atoms with Gasteiger partial charge >= 0.3 is 5.97 Å². The highest BCUT2D eigenvalue weighted by atomic mass is 16.7. The molecule has 1 saturated heterocycles. The summed E-state index contributed by atoms with van der Waals surface area (Å²) in [5.41, 5.74) is 2.57. The summed E-state index contributed by atoms with van der Waals surface area (Å²) in [6, 6.07) is 24.1. The first-order chi connectivity index (χ1) is 20.0. The van der Waals surface area contributed by atoms with Gasteiger partial charge in [-0.2, -0.15) is 0 Å².